The Balaban J connectivity index is 2.51. The third-order valence-electron chi connectivity index (χ3n) is 2.17. The molecule has 1 aromatic heterocycles. The van der Waals surface area contributed by atoms with Gasteiger partial charge in [-0.3, -0.25) is 4.98 Å². The van der Waals surface area contributed by atoms with Crippen LogP contribution >= 0.6 is 15.9 Å². The molecule has 0 saturated carbocycles. The van der Waals surface area contributed by atoms with Crippen LogP contribution in [0.2, 0.25) is 0 Å². The summed E-state index contributed by atoms with van der Waals surface area (Å²) in [7, 11) is 0. The molecule has 1 aliphatic carbocycles. The molecule has 2 rings (SSSR count). The number of aromatic nitrogens is 1. The van der Waals surface area contributed by atoms with Crippen molar-refractivity contribution in [3.05, 3.63) is 28.0 Å². The van der Waals surface area contributed by atoms with Gasteiger partial charge in [0.2, 0.25) is 0 Å². The van der Waals surface area contributed by atoms with Gasteiger partial charge in [0.05, 0.1) is 12.0 Å². The molecule has 3 heteroatoms. The average Bonchev–Trinajstić information content (AvgIpc) is 2.46. The van der Waals surface area contributed by atoms with Crippen LogP contribution in [0.5, 0.6) is 0 Å². The number of rotatable bonds is 0. The second kappa shape index (κ2) is 2.87. The second-order valence-corrected chi connectivity index (χ2v) is 3.83. The lowest BCUT2D eigenvalue weighted by molar-refractivity contribution is 0.822. The summed E-state index contributed by atoms with van der Waals surface area (Å²) in [5.74, 6) is 0.0602. The Bertz CT molecular complexity index is 354. The van der Waals surface area contributed by atoms with Gasteiger partial charge in [-0.15, -0.1) is 0 Å². The van der Waals surface area contributed by atoms with Crippen LogP contribution in [0.15, 0.2) is 16.7 Å². The Kier molecular flexibility index (Phi) is 1.86. The summed E-state index contributed by atoms with van der Waals surface area (Å²) in [6.45, 7) is 0. The molecular weight excluding hydrogens is 216 g/mol. The molecule has 0 radical (unpaired) electrons. The fourth-order valence-electron chi connectivity index (χ4n) is 1.56. The number of nitrogens with zero attached hydrogens (tertiary/aromatic N) is 2. The van der Waals surface area contributed by atoms with Crippen molar-refractivity contribution in [2.24, 2.45) is 0 Å². The fourth-order valence-corrected chi connectivity index (χ4v) is 1.91. The summed E-state index contributed by atoms with van der Waals surface area (Å²) in [4.78, 5) is 4.26. The number of aryl methyl sites for hydroxylation is 1. The summed E-state index contributed by atoms with van der Waals surface area (Å²) in [5.41, 5.74) is 2.19. The van der Waals surface area contributed by atoms with Crippen molar-refractivity contribution in [2.75, 3.05) is 0 Å². The molecule has 0 spiro atoms. The molecule has 1 aliphatic rings. The Hall–Kier alpha value is -0.880. The number of hydrogen-bond acceptors (Lipinski definition) is 2. The summed E-state index contributed by atoms with van der Waals surface area (Å²) in [6, 6.07) is 4.29. The van der Waals surface area contributed by atoms with E-state index in [0.29, 0.717) is 0 Å². The van der Waals surface area contributed by atoms with Crippen LogP contribution in [-0.4, -0.2) is 4.98 Å². The van der Waals surface area contributed by atoms with Gasteiger partial charge in [0.15, 0.2) is 0 Å². The molecule has 0 N–H and O–H groups in total. The zero-order chi connectivity index (χ0) is 8.55. The van der Waals surface area contributed by atoms with Crippen molar-refractivity contribution >= 4 is 15.9 Å². The first-order valence-electron chi connectivity index (χ1n) is 3.85. The monoisotopic (exact) mass is 222 g/mol. The SMILES string of the molecule is N#CC1CCc2ncc(Br)cc21. The second-order valence-electron chi connectivity index (χ2n) is 2.91. The summed E-state index contributed by atoms with van der Waals surface area (Å²) in [5, 5.41) is 8.81. The Morgan fingerprint density at radius 2 is 2.50 bits per heavy atom. The lowest BCUT2D eigenvalue weighted by Crippen LogP contribution is -1.90. The minimum absolute atomic E-state index is 0.0602. The third-order valence-corrected chi connectivity index (χ3v) is 2.61. The molecule has 2 nitrogen and oxygen atoms in total. The maximum atomic E-state index is 8.81. The molecule has 0 amide bonds. The molecule has 1 atom stereocenters. The van der Waals surface area contributed by atoms with E-state index < -0.39 is 0 Å². The number of nitriles is 1. The van der Waals surface area contributed by atoms with E-state index in [1.165, 1.54) is 0 Å². The molecule has 0 aromatic carbocycles. The van der Waals surface area contributed by atoms with E-state index in [-0.39, 0.29) is 5.92 Å². The zero-order valence-electron chi connectivity index (χ0n) is 6.42. The maximum absolute atomic E-state index is 8.81. The van der Waals surface area contributed by atoms with Crippen molar-refractivity contribution < 1.29 is 0 Å². The van der Waals surface area contributed by atoms with Crippen molar-refractivity contribution in [3.63, 3.8) is 0 Å². The topological polar surface area (TPSA) is 36.7 Å². The van der Waals surface area contributed by atoms with E-state index in [0.717, 1.165) is 28.6 Å². The van der Waals surface area contributed by atoms with Gasteiger partial charge in [-0.1, -0.05) is 0 Å². The molecule has 0 bridgehead atoms. The maximum Gasteiger partial charge on any atom is 0.0734 e. The van der Waals surface area contributed by atoms with Gasteiger partial charge in [0.25, 0.3) is 0 Å². The highest BCUT2D eigenvalue weighted by atomic mass is 79.9. The average molecular weight is 223 g/mol. The highest BCUT2D eigenvalue weighted by molar-refractivity contribution is 9.10. The van der Waals surface area contributed by atoms with E-state index in [1.54, 1.807) is 6.20 Å². The minimum Gasteiger partial charge on any atom is -0.260 e. The van der Waals surface area contributed by atoms with E-state index in [9.17, 15) is 0 Å². The first kappa shape index (κ1) is 7.75. The molecule has 1 unspecified atom stereocenters. The Morgan fingerprint density at radius 3 is 3.25 bits per heavy atom. The van der Waals surface area contributed by atoms with Gasteiger partial charge >= 0.3 is 0 Å². The summed E-state index contributed by atoms with van der Waals surface area (Å²) < 4.78 is 0.961. The van der Waals surface area contributed by atoms with Crippen LogP contribution in [-0.2, 0) is 6.42 Å². The quantitative estimate of drug-likeness (QED) is 0.677. The first-order chi connectivity index (χ1) is 5.81. The highest BCUT2D eigenvalue weighted by Crippen LogP contribution is 2.32. The van der Waals surface area contributed by atoms with Crippen LogP contribution in [0.1, 0.15) is 23.6 Å². The van der Waals surface area contributed by atoms with Gasteiger partial charge in [-0.2, -0.15) is 5.26 Å². The van der Waals surface area contributed by atoms with Crippen LogP contribution in [0, 0.1) is 11.3 Å². The molecule has 1 aromatic rings. The molecule has 0 aliphatic heterocycles. The van der Waals surface area contributed by atoms with Gasteiger partial charge < -0.3 is 0 Å². The standard InChI is InChI=1S/C9H7BrN2/c10-7-3-8-6(4-11)1-2-9(8)12-5-7/h3,5-6H,1-2H2. The summed E-state index contributed by atoms with van der Waals surface area (Å²) >= 11 is 3.35. The van der Waals surface area contributed by atoms with Gasteiger partial charge in [0, 0.05) is 16.4 Å². The van der Waals surface area contributed by atoms with Gasteiger partial charge in [-0.25, -0.2) is 0 Å². The van der Waals surface area contributed by atoms with Gasteiger partial charge in [-0.05, 0) is 40.4 Å². The minimum atomic E-state index is 0.0602. The molecular formula is C9H7BrN2. The smallest absolute Gasteiger partial charge is 0.0734 e. The summed E-state index contributed by atoms with van der Waals surface area (Å²) in [6.07, 6.45) is 3.66. The largest absolute Gasteiger partial charge is 0.260 e. The molecule has 1 heterocycles. The van der Waals surface area contributed by atoms with E-state index in [4.69, 9.17) is 5.26 Å². The molecule has 60 valence electrons. The normalized spacial score (nSPS) is 20.2. The van der Waals surface area contributed by atoms with E-state index in [2.05, 4.69) is 27.0 Å². The van der Waals surface area contributed by atoms with E-state index in [1.807, 2.05) is 6.07 Å². The van der Waals surface area contributed by atoms with Crippen LogP contribution in [0.4, 0.5) is 0 Å². The first-order valence-corrected chi connectivity index (χ1v) is 4.64. The van der Waals surface area contributed by atoms with Gasteiger partial charge in [0.1, 0.15) is 0 Å². The van der Waals surface area contributed by atoms with E-state index >= 15 is 0 Å². The number of fused-ring (bicyclic) bond motifs is 1. The number of pyridine rings is 1. The predicted molar refractivity (Wildman–Crippen MR) is 48.6 cm³/mol. The molecule has 12 heavy (non-hydrogen) atoms. The Morgan fingerprint density at radius 1 is 1.67 bits per heavy atom. The number of halogens is 1. The predicted octanol–water partition coefficient (Wildman–Crippen LogP) is 2.40. The van der Waals surface area contributed by atoms with Crippen LogP contribution < -0.4 is 0 Å². The van der Waals surface area contributed by atoms with Crippen molar-refractivity contribution in [3.8, 4) is 6.07 Å². The Labute approximate surface area is 79.4 Å². The third kappa shape index (κ3) is 1.12. The number of hydrogen-bond donors (Lipinski definition) is 0. The van der Waals surface area contributed by atoms with Crippen LogP contribution in [0.25, 0.3) is 0 Å². The lowest BCUT2D eigenvalue weighted by atomic mass is 10.1. The van der Waals surface area contributed by atoms with Crippen molar-refractivity contribution in [2.45, 2.75) is 18.8 Å². The highest BCUT2D eigenvalue weighted by Gasteiger charge is 2.22. The van der Waals surface area contributed by atoms with Crippen LogP contribution in [0.3, 0.4) is 0 Å². The van der Waals surface area contributed by atoms with Crippen molar-refractivity contribution in [1.82, 2.24) is 4.98 Å². The molecule has 0 fully saturated rings. The molecule has 0 saturated heterocycles. The van der Waals surface area contributed by atoms with Crippen molar-refractivity contribution in [1.29, 1.82) is 5.26 Å². The zero-order valence-corrected chi connectivity index (χ0v) is 8.00. The lowest BCUT2D eigenvalue weighted by Gasteiger charge is -2.00. The fraction of sp³-hybridized carbons (Fsp3) is 0.333.